The van der Waals surface area contributed by atoms with E-state index in [2.05, 4.69) is 15.3 Å². The van der Waals surface area contributed by atoms with Gasteiger partial charge in [0.15, 0.2) is 0 Å². The summed E-state index contributed by atoms with van der Waals surface area (Å²) in [4.78, 5) is 8.15. The molecule has 2 rings (SSSR count). The lowest BCUT2D eigenvalue weighted by Crippen LogP contribution is -1.98. The Labute approximate surface area is 114 Å². The molecule has 0 spiro atoms. The highest BCUT2D eigenvalue weighted by Gasteiger charge is 2.05. The molecule has 0 aliphatic heterocycles. The Morgan fingerprint density at radius 2 is 2.00 bits per heavy atom. The third-order valence-electron chi connectivity index (χ3n) is 2.17. The molecule has 1 aromatic heterocycles. The van der Waals surface area contributed by atoms with E-state index in [9.17, 15) is 0 Å². The van der Waals surface area contributed by atoms with E-state index in [1.165, 1.54) is 0 Å². The summed E-state index contributed by atoms with van der Waals surface area (Å²) in [7, 11) is 0. The van der Waals surface area contributed by atoms with Gasteiger partial charge in [-0.25, -0.2) is 9.97 Å². The van der Waals surface area contributed by atoms with Gasteiger partial charge in [0.25, 0.3) is 0 Å². The molecule has 1 heterocycles. The number of halogens is 2. The van der Waals surface area contributed by atoms with Crippen LogP contribution in [-0.4, -0.2) is 9.97 Å². The molecule has 0 atom stereocenters. The fourth-order valence-corrected chi connectivity index (χ4v) is 1.87. The molecule has 90 valence electrons. The summed E-state index contributed by atoms with van der Waals surface area (Å²) in [5.41, 5.74) is 1.16. The van der Waals surface area contributed by atoms with Crippen molar-refractivity contribution >= 4 is 34.7 Å². The van der Waals surface area contributed by atoms with Crippen molar-refractivity contribution in [2.75, 3.05) is 5.32 Å². The summed E-state index contributed by atoms with van der Waals surface area (Å²) in [6.45, 7) is 1.75. The van der Waals surface area contributed by atoms with Gasteiger partial charge >= 0.3 is 0 Å². The number of rotatable bonds is 2. The van der Waals surface area contributed by atoms with Gasteiger partial charge in [0.2, 0.25) is 0 Å². The summed E-state index contributed by atoms with van der Waals surface area (Å²) >= 11 is 11.9. The average Bonchev–Trinajstić information content (AvgIpc) is 2.30. The van der Waals surface area contributed by atoms with Gasteiger partial charge in [-0.05, 0) is 25.1 Å². The SMILES string of the molecule is Cc1nc(Cl)cc(Nc2ccc(C#N)cc2Cl)n1. The van der Waals surface area contributed by atoms with Gasteiger partial charge < -0.3 is 5.32 Å². The van der Waals surface area contributed by atoms with Gasteiger partial charge in [-0.2, -0.15) is 5.26 Å². The number of aryl methyl sites for hydroxylation is 1. The van der Waals surface area contributed by atoms with Crippen LogP contribution in [0, 0.1) is 18.3 Å². The summed E-state index contributed by atoms with van der Waals surface area (Å²) in [6, 6.07) is 8.59. The molecule has 0 unspecified atom stereocenters. The van der Waals surface area contributed by atoms with Crippen LogP contribution in [-0.2, 0) is 0 Å². The number of anilines is 2. The molecule has 0 fully saturated rings. The summed E-state index contributed by atoms with van der Waals surface area (Å²) < 4.78 is 0. The molecule has 6 heteroatoms. The molecule has 2 aromatic rings. The van der Waals surface area contributed by atoms with Gasteiger partial charge in [0.05, 0.1) is 22.3 Å². The van der Waals surface area contributed by atoms with Crippen molar-refractivity contribution in [2.45, 2.75) is 6.92 Å². The number of benzene rings is 1. The highest BCUT2D eigenvalue weighted by atomic mass is 35.5. The highest BCUT2D eigenvalue weighted by molar-refractivity contribution is 6.33. The first-order valence-electron chi connectivity index (χ1n) is 5.06. The van der Waals surface area contributed by atoms with Crippen molar-refractivity contribution in [3.8, 4) is 6.07 Å². The van der Waals surface area contributed by atoms with Crippen molar-refractivity contribution in [3.05, 3.63) is 45.8 Å². The number of hydrogen-bond donors (Lipinski definition) is 1. The number of aromatic nitrogens is 2. The highest BCUT2D eigenvalue weighted by Crippen LogP contribution is 2.26. The maximum atomic E-state index is 8.75. The fourth-order valence-electron chi connectivity index (χ4n) is 1.42. The van der Waals surface area contributed by atoms with E-state index in [4.69, 9.17) is 28.5 Å². The van der Waals surface area contributed by atoms with Gasteiger partial charge in [-0.1, -0.05) is 23.2 Å². The zero-order chi connectivity index (χ0) is 13.1. The first-order chi connectivity index (χ1) is 8.58. The minimum Gasteiger partial charge on any atom is -0.339 e. The van der Waals surface area contributed by atoms with E-state index >= 15 is 0 Å². The molecule has 0 radical (unpaired) electrons. The fraction of sp³-hybridized carbons (Fsp3) is 0.0833. The third kappa shape index (κ3) is 2.89. The van der Waals surface area contributed by atoms with Crippen molar-refractivity contribution < 1.29 is 0 Å². The summed E-state index contributed by atoms with van der Waals surface area (Å²) in [5, 5.41) is 12.6. The molecule has 0 saturated carbocycles. The molecule has 18 heavy (non-hydrogen) atoms. The minimum absolute atomic E-state index is 0.356. The van der Waals surface area contributed by atoms with Crippen molar-refractivity contribution in [2.24, 2.45) is 0 Å². The number of hydrogen-bond acceptors (Lipinski definition) is 4. The van der Waals surface area contributed by atoms with E-state index in [1.54, 1.807) is 31.2 Å². The van der Waals surface area contributed by atoms with Crippen LogP contribution in [0.4, 0.5) is 11.5 Å². The molecule has 0 bridgehead atoms. The lowest BCUT2D eigenvalue weighted by molar-refractivity contribution is 1.06. The Balaban J connectivity index is 2.31. The van der Waals surface area contributed by atoms with Crippen LogP contribution >= 0.6 is 23.2 Å². The lowest BCUT2D eigenvalue weighted by atomic mass is 10.2. The van der Waals surface area contributed by atoms with Gasteiger partial charge in [-0.3, -0.25) is 0 Å². The molecular formula is C12H8Cl2N4. The van der Waals surface area contributed by atoms with E-state index < -0.39 is 0 Å². The van der Waals surface area contributed by atoms with E-state index in [0.717, 1.165) is 0 Å². The van der Waals surface area contributed by atoms with Gasteiger partial charge in [0, 0.05) is 6.07 Å². The average molecular weight is 279 g/mol. The lowest BCUT2D eigenvalue weighted by Gasteiger charge is -2.08. The van der Waals surface area contributed by atoms with Crippen molar-refractivity contribution in [1.82, 2.24) is 9.97 Å². The Morgan fingerprint density at radius 1 is 1.22 bits per heavy atom. The first-order valence-corrected chi connectivity index (χ1v) is 5.82. The maximum Gasteiger partial charge on any atom is 0.135 e. The molecule has 0 aliphatic carbocycles. The van der Waals surface area contributed by atoms with Crippen LogP contribution in [0.25, 0.3) is 0 Å². The smallest absolute Gasteiger partial charge is 0.135 e. The quantitative estimate of drug-likeness (QED) is 0.851. The summed E-state index contributed by atoms with van der Waals surface area (Å²) in [5.74, 6) is 1.12. The molecule has 0 saturated heterocycles. The van der Waals surface area contributed by atoms with Crippen LogP contribution in [0.2, 0.25) is 10.2 Å². The number of nitrogens with one attached hydrogen (secondary N) is 1. The number of nitrogens with zero attached hydrogens (tertiary/aromatic N) is 3. The third-order valence-corrected chi connectivity index (χ3v) is 2.67. The second kappa shape index (κ2) is 5.21. The molecule has 0 aliphatic rings. The zero-order valence-electron chi connectivity index (χ0n) is 9.41. The topological polar surface area (TPSA) is 61.6 Å². The maximum absolute atomic E-state index is 8.75. The van der Waals surface area contributed by atoms with Crippen LogP contribution in [0.3, 0.4) is 0 Å². The molecule has 4 nitrogen and oxygen atoms in total. The Kier molecular flexibility index (Phi) is 3.66. The monoisotopic (exact) mass is 278 g/mol. The molecule has 0 amide bonds. The van der Waals surface area contributed by atoms with E-state index in [1.807, 2.05) is 6.07 Å². The largest absolute Gasteiger partial charge is 0.339 e. The Morgan fingerprint density at radius 3 is 2.61 bits per heavy atom. The predicted octanol–water partition coefficient (Wildman–Crippen LogP) is 3.71. The second-order valence-electron chi connectivity index (χ2n) is 3.55. The predicted molar refractivity (Wildman–Crippen MR) is 71.2 cm³/mol. The normalized spacial score (nSPS) is 9.89. The van der Waals surface area contributed by atoms with Crippen LogP contribution in [0.1, 0.15) is 11.4 Å². The van der Waals surface area contributed by atoms with E-state index in [0.29, 0.717) is 33.1 Å². The van der Waals surface area contributed by atoms with Gasteiger partial charge in [0.1, 0.15) is 16.8 Å². The van der Waals surface area contributed by atoms with Crippen LogP contribution < -0.4 is 5.32 Å². The molecule has 1 N–H and O–H groups in total. The van der Waals surface area contributed by atoms with Crippen LogP contribution in [0.15, 0.2) is 24.3 Å². The summed E-state index contributed by atoms with van der Waals surface area (Å²) in [6.07, 6.45) is 0. The second-order valence-corrected chi connectivity index (χ2v) is 4.35. The van der Waals surface area contributed by atoms with Gasteiger partial charge in [-0.15, -0.1) is 0 Å². The van der Waals surface area contributed by atoms with Crippen LogP contribution in [0.5, 0.6) is 0 Å². The zero-order valence-corrected chi connectivity index (χ0v) is 10.9. The number of nitriles is 1. The Bertz CT molecular complexity index is 614. The van der Waals surface area contributed by atoms with E-state index in [-0.39, 0.29) is 0 Å². The van der Waals surface area contributed by atoms with Crippen molar-refractivity contribution in [3.63, 3.8) is 0 Å². The Hall–Kier alpha value is -1.83. The van der Waals surface area contributed by atoms with Crippen molar-refractivity contribution in [1.29, 1.82) is 5.26 Å². The minimum atomic E-state index is 0.356. The first kappa shape index (κ1) is 12.6. The molecule has 1 aromatic carbocycles. The standard InChI is InChI=1S/C12H8Cl2N4/c1-7-16-11(14)5-12(17-7)18-10-3-2-8(6-15)4-9(10)13/h2-5H,1H3,(H,16,17,18). The molecular weight excluding hydrogens is 271 g/mol.